The number of rotatable bonds is 4. The lowest BCUT2D eigenvalue weighted by Crippen LogP contribution is -2.31. The highest BCUT2D eigenvalue weighted by atomic mass is 16.5. The van der Waals surface area contributed by atoms with Crippen LogP contribution < -0.4 is 4.74 Å². The molecule has 1 fully saturated rings. The van der Waals surface area contributed by atoms with Crippen LogP contribution in [-0.2, 0) is 11.2 Å². The van der Waals surface area contributed by atoms with Crippen LogP contribution in [0, 0.1) is 0 Å². The van der Waals surface area contributed by atoms with Crippen molar-refractivity contribution < 1.29 is 14.1 Å². The van der Waals surface area contributed by atoms with Gasteiger partial charge in [0.05, 0.1) is 19.6 Å². The maximum Gasteiger partial charge on any atom is 0.229 e. The van der Waals surface area contributed by atoms with Gasteiger partial charge in [0.15, 0.2) is 5.58 Å². The van der Waals surface area contributed by atoms with Crippen LogP contribution >= 0.6 is 0 Å². The summed E-state index contributed by atoms with van der Waals surface area (Å²) in [5, 5.41) is 5.00. The molecule has 2 heterocycles. The Kier molecular flexibility index (Phi) is 4.14. The Balaban J connectivity index is 1.54. The molecule has 1 aliphatic rings. The zero-order chi connectivity index (χ0) is 17.2. The van der Waals surface area contributed by atoms with Gasteiger partial charge in [0.1, 0.15) is 11.4 Å². The first-order valence-corrected chi connectivity index (χ1v) is 8.53. The third-order valence-electron chi connectivity index (χ3n) is 4.84. The van der Waals surface area contributed by atoms with Gasteiger partial charge in [-0.2, -0.15) is 0 Å². The molecule has 0 aliphatic carbocycles. The number of carbonyl (C=O) groups excluding carboxylic acids is 1. The number of ether oxygens (including phenoxy) is 1. The topological polar surface area (TPSA) is 55.6 Å². The fourth-order valence-corrected chi connectivity index (χ4v) is 3.55. The highest BCUT2D eigenvalue weighted by Gasteiger charge is 2.30. The molecular formula is C20H20N2O3. The number of methoxy groups -OCH3 is 1. The maximum absolute atomic E-state index is 12.9. The number of hydrogen-bond donors (Lipinski definition) is 0. The second-order valence-electron chi connectivity index (χ2n) is 6.32. The van der Waals surface area contributed by atoms with Gasteiger partial charge >= 0.3 is 0 Å². The van der Waals surface area contributed by atoms with Crippen molar-refractivity contribution in [3.8, 4) is 5.75 Å². The molecule has 0 radical (unpaired) electrons. The first-order valence-electron chi connectivity index (χ1n) is 8.53. The first-order chi connectivity index (χ1) is 12.3. The molecule has 1 saturated heterocycles. The highest BCUT2D eigenvalue weighted by Crippen LogP contribution is 2.33. The second kappa shape index (κ2) is 6.59. The summed E-state index contributed by atoms with van der Waals surface area (Å²) in [7, 11) is 1.66. The Morgan fingerprint density at radius 3 is 2.84 bits per heavy atom. The van der Waals surface area contributed by atoms with Crippen molar-refractivity contribution in [3.63, 3.8) is 0 Å². The summed E-state index contributed by atoms with van der Waals surface area (Å²) in [5.74, 6) is 0.922. The van der Waals surface area contributed by atoms with E-state index < -0.39 is 0 Å². The Bertz CT molecular complexity index is 885. The van der Waals surface area contributed by atoms with E-state index in [0.717, 1.165) is 41.7 Å². The van der Waals surface area contributed by atoms with Gasteiger partial charge in [0.2, 0.25) is 5.91 Å². The fourth-order valence-electron chi connectivity index (χ4n) is 3.55. The molecule has 5 nitrogen and oxygen atoms in total. The summed E-state index contributed by atoms with van der Waals surface area (Å²) in [6, 6.07) is 15.7. The Hall–Kier alpha value is -2.82. The van der Waals surface area contributed by atoms with Crippen molar-refractivity contribution in [2.75, 3.05) is 13.7 Å². The molecular weight excluding hydrogens is 316 g/mol. The molecule has 0 unspecified atom stereocenters. The lowest BCUT2D eigenvalue weighted by molar-refractivity contribution is -0.131. The number of carbonyl (C=O) groups is 1. The zero-order valence-corrected chi connectivity index (χ0v) is 14.1. The number of likely N-dealkylation sites (tertiary alicyclic amines) is 1. The van der Waals surface area contributed by atoms with Crippen LogP contribution in [0.1, 0.15) is 30.1 Å². The molecule has 1 aromatic heterocycles. The van der Waals surface area contributed by atoms with Gasteiger partial charge in [-0.05, 0) is 42.7 Å². The molecule has 0 N–H and O–H groups in total. The van der Waals surface area contributed by atoms with Gasteiger partial charge in [-0.1, -0.05) is 29.4 Å². The number of hydrogen-bond acceptors (Lipinski definition) is 4. The van der Waals surface area contributed by atoms with Crippen molar-refractivity contribution in [1.29, 1.82) is 0 Å². The maximum atomic E-state index is 12.9. The normalized spacial score (nSPS) is 17.2. The van der Waals surface area contributed by atoms with Gasteiger partial charge in [0.25, 0.3) is 0 Å². The molecule has 4 rings (SSSR count). The summed E-state index contributed by atoms with van der Waals surface area (Å²) in [6.45, 7) is 0.783. The van der Waals surface area contributed by atoms with E-state index in [1.807, 2.05) is 53.4 Å². The van der Waals surface area contributed by atoms with E-state index in [0.29, 0.717) is 5.69 Å². The van der Waals surface area contributed by atoms with E-state index in [1.165, 1.54) is 0 Å². The van der Waals surface area contributed by atoms with Gasteiger partial charge in [0, 0.05) is 11.9 Å². The first kappa shape index (κ1) is 15.7. The van der Waals surface area contributed by atoms with Crippen molar-refractivity contribution >= 4 is 16.9 Å². The van der Waals surface area contributed by atoms with Crippen molar-refractivity contribution in [3.05, 3.63) is 59.8 Å². The average Bonchev–Trinajstić information content (AvgIpc) is 3.29. The van der Waals surface area contributed by atoms with E-state index in [9.17, 15) is 4.79 Å². The average molecular weight is 336 g/mol. The number of amides is 1. The van der Waals surface area contributed by atoms with Crippen LogP contribution in [-0.4, -0.2) is 29.6 Å². The van der Waals surface area contributed by atoms with Crippen molar-refractivity contribution in [1.82, 2.24) is 10.1 Å². The van der Waals surface area contributed by atoms with Crippen LogP contribution in [0.5, 0.6) is 5.75 Å². The number of benzene rings is 2. The van der Waals surface area contributed by atoms with Crippen LogP contribution in [0.4, 0.5) is 0 Å². The Morgan fingerprint density at radius 1 is 1.24 bits per heavy atom. The van der Waals surface area contributed by atoms with Gasteiger partial charge < -0.3 is 14.2 Å². The summed E-state index contributed by atoms with van der Waals surface area (Å²) < 4.78 is 10.5. The number of nitrogens with zero attached hydrogens (tertiary/aromatic N) is 2. The lowest BCUT2D eigenvalue weighted by atomic mass is 10.0. The smallest absolute Gasteiger partial charge is 0.229 e. The minimum Gasteiger partial charge on any atom is -0.497 e. The predicted molar refractivity (Wildman–Crippen MR) is 94.4 cm³/mol. The Labute approximate surface area is 146 Å². The summed E-state index contributed by atoms with van der Waals surface area (Å²) >= 11 is 0. The third-order valence-corrected chi connectivity index (χ3v) is 4.84. The van der Waals surface area contributed by atoms with Gasteiger partial charge in [-0.25, -0.2) is 0 Å². The minimum absolute atomic E-state index is 0.0948. The third kappa shape index (κ3) is 2.97. The second-order valence-corrected chi connectivity index (χ2v) is 6.32. The molecule has 0 saturated carbocycles. The molecule has 1 atom stereocenters. The van der Waals surface area contributed by atoms with Crippen LogP contribution in [0.2, 0.25) is 0 Å². The largest absolute Gasteiger partial charge is 0.497 e. The monoisotopic (exact) mass is 336 g/mol. The summed E-state index contributed by atoms with van der Waals surface area (Å²) in [6.07, 6.45) is 2.27. The standard InChI is InChI=1S/C20H20N2O3/c1-24-15-10-8-14(9-11-15)18-6-4-12-22(18)20(23)13-17-16-5-2-3-7-19(16)25-21-17/h2-3,5,7-11,18H,4,6,12-13H2,1H3/t18-/m0/s1. The molecule has 2 aromatic carbocycles. The van der Waals surface area contributed by atoms with Crippen molar-refractivity contribution in [2.24, 2.45) is 0 Å². The number of fused-ring (bicyclic) bond motifs is 1. The lowest BCUT2D eigenvalue weighted by Gasteiger charge is -2.25. The van der Waals surface area contributed by atoms with E-state index in [4.69, 9.17) is 9.26 Å². The van der Waals surface area contributed by atoms with E-state index in [2.05, 4.69) is 5.16 Å². The molecule has 5 heteroatoms. The molecule has 0 bridgehead atoms. The zero-order valence-electron chi connectivity index (χ0n) is 14.1. The van der Waals surface area contributed by atoms with E-state index >= 15 is 0 Å². The van der Waals surface area contributed by atoms with Crippen LogP contribution in [0.3, 0.4) is 0 Å². The minimum atomic E-state index is 0.0948. The SMILES string of the molecule is COc1ccc([C@@H]2CCCN2C(=O)Cc2noc3ccccc23)cc1. The molecule has 25 heavy (non-hydrogen) atoms. The highest BCUT2D eigenvalue weighted by molar-refractivity contribution is 5.86. The fraction of sp³-hybridized carbons (Fsp3) is 0.300. The summed E-state index contributed by atoms with van der Waals surface area (Å²) in [5.41, 5.74) is 2.58. The van der Waals surface area contributed by atoms with Gasteiger partial charge in [-0.15, -0.1) is 0 Å². The number of para-hydroxylation sites is 1. The van der Waals surface area contributed by atoms with Gasteiger partial charge in [-0.3, -0.25) is 4.79 Å². The predicted octanol–water partition coefficient (Wildman–Crippen LogP) is 3.74. The quantitative estimate of drug-likeness (QED) is 0.728. The molecule has 3 aromatic rings. The number of aromatic nitrogens is 1. The molecule has 128 valence electrons. The molecule has 0 spiro atoms. The van der Waals surface area contributed by atoms with E-state index in [1.54, 1.807) is 7.11 Å². The summed E-state index contributed by atoms with van der Waals surface area (Å²) in [4.78, 5) is 14.8. The van der Waals surface area contributed by atoms with Crippen LogP contribution in [0.15, 0.2) is 53.1 Å². The Morgan fingerprint density at radius 2 is 2.04 bits per heavy atom. The van der Waals surface area contributed by atoms with E-state index in [-0.39, 0.29) is 18.4 Å². The van der Waals surface area contributed by atoms with Crippen LogP contribution in [0.25, 0.3) is 11.0 Å². The molecule has 1 aliphatic heterocycles. The molecule has 1 amide bonds. The van der Waals surface area contributed by atoms with Crippen molar-refractivity contribution in [2.45, 2.75) is 25.3 Å².